The number of hydrogen-bond donors (Lipinski definition) is 1. The Morgan fingerprint density at radius 1 is 1.08 bits per heavy atom. The fraction of sp³-hybridized carbons (Fsp3) is 0.300. The first-order valence-corrected chi connectivity index (χ1v) is 8.43. The van der Waals surface area contributed by atoms with Gasteiger partial charge >= 0.3 is 0 Å². The number of nitrogens with zero attached hydrogens (tertiary/aromatic N) is 1. The average Bonchev–Trinajstić information content (AvgIpc) is 3.09. The maximum Gasteiger partial charge on any atom is 0.251 e. The van der Waals surface area contributed by atoms with Crippen molar-refractivity contribution in [3.8, 4) is 11.5 Å². The number of methoxy groups -OCH3 is 2. The summed E-state index contributed by atoms with van der Waals surface area (Å²) < 4.78 is 10.5. The van der Waals surface area contributed by atoms with Crippen molar-refractivity contribution < 1.29 is 19.1 Å². The van der Waals surface area contributed by atoms with Gasteiger partial charge in [0.1, 0.15) is 0 Å². The van der Waals surface area contributed by atoms with E-state index in [9.17, 15) is 9.59 Å². The lowest BCUT2D eigenvalue weighted by Gasteiger charge is -2.15. The zero-order valence-electron chi connectivity index (χ0n) is 15.2. The van der Waals surface area contributed by atoms with E-state index in [1.54, 1.807) is 32.1 Å². The van der Waals surface area contributed by atoms with Gasteiger partial charge in [-0.15, -0.1) is 0 Å². The molecule has 1 aliphatic heterocycles. The van der Waals surface area contributed by atoms with Crippen LogP contribution in [0.5, 0.6) is 11.5 Å². The Hall–Kier alpha value is -3.02. The second-order valence-electron chi connectivity index (χ2n) is 6.14. The highest BCUT2D eigenvalue weighted by Gasteiger charge is 2.23. The Morgan fingerprint density at radius 3 is 2.54 bits per heavy atom. The lowest BCUT2D eigenvalue weighted by atomic mass is 10.1. The van der Waals surface area contributed by atoms with Crippen molar-refractivity contribution in [2.45, 2.75) is 19.9 Å². The molecule has 0 saturated carbocycles. The lowest BCUT2D eigenvalue weighted by molar-refractivity contribution is -0.116. The van der Waals surface area contributed by atoms with E-state index in [4.69, 9.17) is 9.47 Å². The molecule has 6 heteroatoms. The number of hydrogen-bond acceptors (Lipinski definition) is 4. The Labute approximate surface area is 152 Å². The molecule has 136 valence electrons. The highest BCUT2D eigenvalue weighted by atomic mass is 16.5. The number of fused-ring (bicyclic) bond motifs is 1. The normalized spacial score (nSPS) is 12.5. The number of carbonyl (C=O) groups is 2. The van der Waals surface area contributed by atoms with E-state index >= 15 is 0 Å². The van der Waals surface area contributed by atoms with Crippen molar-refractivity contribution in [3.05, 3.63) is 53.1 Å². The summed E-state index contributed by atoms with van der Waals surface area (Å²) in [6.07, 6.45) is 0.770. The minimum Gasteiger partial charge on any atom is -0.493 e. The number of carbonyl (C=O) groups excluding carboxylic acids is 2. The first-order valence-electron chi connectivity index (χ1n) is 8.43. The summed E-state index contributed by atoms with van der Waals surface area (Å²) >= 11 is 0. The van der Waals surface area contributed by atoms with Crippen molar-refractivity contribution in [3.63, 3.8) is 0 Å². The van der Waals surface area contributed by atoms with E-state index in [0.29, 0.717) is 30.2 Å². The Balaban J connectivity index is 1.69. The van der Waals surface area contributed by atoms with Crippen LogP contribution >= 0.6 is 0 Å². The van der Waals surface area contributed by atoms with Gasteiger partial charge in [0.05, 0.1) is 14.2 Å². The van der Waals surface area contributed by atoms with Crippen LogP contribution in [0, 0.1) is 0 Å². The molecule has 0 aromatic heterocycles. The molecule has 0 radical (unpaired) electrons. The number of ether oxygens (including phenoxy) is 2. The molecule has 0 saturated heterocycles. The topological polar surface area (TPSA) is 67.9 Å². The molecule has 0 aliphatic carbocycles. The van der Waals surface area contributed by atoms with Crippen LogP contribution in [0.1, 0.15) is 28.4 Å². The SMILES string of the molecule is COc1ccc(CNC(=O)c2ccc3c(c2)CCN3C(C)=O)cc1OC. The first kappa shape index (κ1) is 17.8. The maximum absolute atomic E-state index is 12.5. The third kappa shape index (κ3) is 3.49. The summed E-state index contributed by atoms with van der Waals surface area (Å²) in [6.45, 7) is 2.61. The maximum atomic E-state index is 12.5. The molecule has 2 amide bonds. The van der Waals surface area contributed by atoms with Gasteiger partial charge in [0.25, 0.3) is 5.91 Å². The summed E-state index contributed by atoms with van der Waals surface area (Å²) in [5.74, 6) is 1.15. The van der Waals surface area contributed by atoms with Gasteiger partial charge in [-0.2, -0.15) is 0 Å². The molecular formula is C20H22N2O4. The second kappa shape index (κ2) is 7.47. The summed E-state index contributed by atoms with van der Waals surface area (Å²) in [5, 5.41) is 2.91. The molecule has 1 heterocycles. The smallest absolute Gasteiger partial charge is 0.251 e. The molecule has 6 nitrogen and oxygen atoms in total. The highest BCUT2D eigenvalue weighted by molar-refractivity contribution is 5.97. The van der Waals surface area contributed by atoms with E-state index < -0.39 is 0 Å². The van der Waals surface area contributed by atoms with Gasteiger partial charge in [-0.3, -0.25) is 9.59 Å². The highest BCUT2D eigenvalue weighted by Crippen LogP contribution is 2.29. The van der Waals surface area contributed by atoms with Crippen LogP contribution in [0.2, 0.25) is 0 Å². The zero-order chi connectivity index (χ0) is 18.7. The van der Waals surface area contributed by atoms with E-state index in [-0.39, 0.29) is 11.8 Å². The standard InChI is InChI=1S/C20H22N2O4/c1-13(23)22-9-8-15-11-16(5-6-17(15)22)20(24)21-12-14-4-7-18(25-2)19(10-14)26-3/h4-7,10-11H,8-9,12H2,1-3H3,(H,21,24). The van der Waals surface area contributed by atoms with Gasteiger partial charge in [-0.25, -0.2) is 0 Å². The van der Waals surface area contributed by atoms with Gasteiger partial charge in [0, 0.05) is 31.3 Å². The van der Waals surface area contributed by atoms with E-state index in [1.807, 2.05) is 30.3 Å². The predicted molar refractivity (Wildman–Crippen MR) is 98.9 cm³/mol. The first-order chi connectivity index (χ1) is 12.5. The molecular weight excluding hydrogens is 332 g/mol. The Bertz CT molecular complexity index is 848. The molecule has 0 bridgehead atoms. The van der Waals surface area contributed by atoms with E-state index in [2.05, 4.69) is 5.32 Å². The third-order valence-corrected chi connectivity index (χ3v) is 4.52. The van der Waals surface area contributed by atoms with Gasteiger partial charge in [0.2, 0.25) is 5.91 Å². The summed E-state index contributed by atoms with van der Waals surface area (Å²) in [6, 6.07) is 11.0. The Kier molecular flexibility index (Phi) is 5.11. The summed E-state index contributed by atoms with van der Waals surface area (Å²) in [5.41, 5.74) is 3.43. The van der Waals surface area contributed by atoms with Crippen LogP contribution in [0.4, 0.5) is 5.69 Å². The fourth-order valence-electron chi connectivity index (χ4n) is 3.15. The monoisotopic (exact) mass is 354 g/mol. The van der Waals surface area contributed by atoms with Crippen molar-refractivity contribution in [2.24, 2.45) is 0 Å². The van der Waals surface area contributed by atoms with Crippen LogP contribution in [-0.4, -0.2) is 32.6 Å². The molecule has 2 aromatic carbocycles. The van der Waals surface area contributed by atoms with Crippen molar-refractivity contribution in [1.29, 1.82) is 0 Å². The molecule has 3 rings (SSSR count). The molecule has 0 unspecified atom stereocenters. The molecule has 1 N–H and O–H groups in total. The molecule has 0 spiro atoms. The largest absolute Gasteiger partial charge is 0.493 e. The van der Waals surface area contributed by atoms with Crippen molar-refractivity contribution in [1.82, 2.24) is 5.32 Å². The van der Waals surface area contributed by atoms with Crippen LogP contribution < -0.4 is 19.7 Å². The Morgan fingerprint density at radius 2 is 1.85 bits per heavy atom. The number of anilines is 1. The molecule has 26 heavy (non-hydrogen) atoms. The fourth-order valence-corrected chi connectivity index (χ4v) is 3.15. The van der Waals surface area contributed by atoms with E-state index in [1.165, 1.54) is 0 Å². The van der Waals surface area contributed by atoms with Crippen LogP contribution in [-0.2, 0) is 17.8 Å². The lowest BCUT2D eigenvalue weighted by Crippen LogP contribution is -2.26. The van der Waals surface area contributed by atoms with Crippen molar-refractivity contribution in [2.75, 3.05) is 25.7 Å². The van der Waals surface area contributed by atoms with Gasteiger partial charge in [-0.1, -0.05) is 6.07 Å². The molecule has 1 aliphatic rings. The molecule has 0 fully saturated rings. The number of benzene rings is 2. The van der Waals surface area contributed by atoms with E-state index in [0.717, 1.165) is 23.2 Å². The number of amides is 2. The summed E-state index contributed by atoms with van der Waals surface area (Å²) in [7, 11) is 3.16. The van der Waals surface area contributed by atoms with Gasteiger partial charge in [-0.05, 0) is 47.9 Å². The zero-order valence-corrected chi connectivity index (χ0v) is 15.2. The molecule has 2 aromatic rings. The quantitative estimate of drug-likeness (QED) is 0.896. The van der Waals surface area contributed by atoms with Gasteiger partial charge in [0.15, 0.2) is 11.5 Å². The average molecular weight is 354 g/mol. The second-order valence-corrected chi connectivity index (χ2v) is 6.14. The third-order valence-electron chi connectivity index (χ3n) is 4.52. The predicted octanol–water partition coefficient (Wildman–Crippen LogP) is 2.54. The minimum atomic E-state index is -0.149. The van der Waals surface area contributed by atoms with Crippen LogP contribution in [0.3, 0.4) is 0 Å². The van der Waals surface area contributed by atoms with Crippen LogP contribution in [0.15, 0.2) is 36.4 Å². The minimum absolute atomic E-state index is 0.0226. The summed E-state index contributed by atoms with van der Waals surface area (Å²) in [4.78, 5) is 25.8. The number of rotatable bonds is 5. The van der Waals surface area contributed by atoms with Crippen LogP contribution in [0.25, 0.3) is 0 Å². The molecule has 0 atom stereocenters. The van der Waals surface area contributed by atoms with Gasteiger partial charge < -0.3 is 19.7 Å². The number of nitrogens with one attached hydrogen (secondary N) is 1. The van der Waals surface area contributed by atoms with Crippen molar-refractivity contribution >= 4 is 17.5 Å².